The summed E-state index contributed by atoms with van der Waals surface area (Å²) in [6.07, 6.45) is 5.44. The molecular weight excluding hydrogens is 298 g/mol. The second-order valence-electron chi connectivity index (χ2n) is 3.98. The Balaban J connectivity index is 2.06. The van der Waals surface area contributed by atoms with Gasteiger partial charge in [0, 0.05) is 39.1 Å². The Hall–Kier alpha value is -0.870. The summed E-state index contributed by atoms with van der Waals surface area (Å²) in [6.45, 7) is 2.85. The van der Waals surface area contributed by atoms with E-state index in [9.17, 15) is 4.79 Å². The topological polar surface area (TPSA) is 22.0 Å². The van der Waals surface area contributed by atoms with E-state index < -0.39 is 0 Å². The van der Waals surface area contributed by atoms with Crippen LogP contribution >= 0.6 is 27.3 Å². The predicted octanol–water partition coefficient (Wildman–Crippen LogP) is 4.34. The van der Waals surface area contributed by atoms with Gasteiger partial charge in [0.2, 0.25) is 0 Å². The molecule has 17 heavy (non-hydrogen) atoms. The van der Waals surface area contributed by atoms with Gasteiger partial charge in [0.05, 0.1) is 6.54 Å². The van der Waals surface area contributed by atoms with Crippen molar-refractivity contribution >= 4 is 33.0 Å². The maximum Gasteiger partial charge on any atom is 0.164 e. The fourth-order valence-electron chi connectivity index (χ4n) is 1.69. The van der Waals surface area contributed by atoms with E-state index in [0.717, 1.165) is 23.0 Å². The summed E-state index contributed by atoms with van der Waals surface area (Å²) in [5.41, 5.74) is 0.822. The monoisotopic (exact) mass is 311 g/mol. The molecule has 0 amide bonds. The van der Waals surface area contributed by atoms with Crippen molar-refractivity contribution < 1.29 is 4.79 Å². The summed E-state index contributed by atoms with van der Waals surface area (Å²) in [5.74, 6) is 0.235. The fraction of sp³-hybridized carbons (Fsp3) is 0.308. The lowest BCUT2D eigenvalue weighted by molar-refractivity contribution is 0.0981. The Morgan fingerprint density at radius 3 is 3.00 bits per heavy atom. The van der Waals surface area contributed by atoms with Gasteiger partial charge in [-0.3, -0.25) is 4.79 Å². The minimum absolute atomic E-state index is 0.235. The van der Waals surface area contributed by atoms with Gasteiger partial charge in [0.1, 0.15) is 0 Å². The Labute approximate surface area is 113 Å². The number of ketones is 1. The van der Waals surface area contributed by atoms with Gasteiger partial charge >= 0.3 is 0 Å². The van der Waals surface area contributed by atoms with Gasteiger partial charge in [-0.2, -0.15) is 0 Å². The molecule has 0 unspecified atom stereocenters. The highest BCUT2D eigenvalue weighted by atomic mass is 79.9. The van der Waals surface area contributed by atoms with E-state index in [2.05, 4.69) is 31.9 Å². The zero-order chi connectivity index (χ0) is 12.3. The van der Waals surface area contributed by atoms with Crippen LogP contribution in [0.5, 0.6) is 0 Å². The zero-order valence-electron chi connectivity index (χ0n) is 9.65. The average molecular weight is 312 g/mol. The zero-order valence-corrected chi connectivity index (χ0v) is 12.1. The van der Waals surface area contributed by atoms with E-state index in [1.54, 1.807) is 11.3 Å². The Kier molecular flexibility index (Phi) is 4.18. The molecule has 0 aromatic carbocycles. The van der Waals surface area contributed by atoms with Crippen LogP contribution in [0.3, 0.4) is 0 Å². The Morgan fingerprint density at radius 2 is 2.35 bits per heavy atom. The van der Waals surface area contributed by atoms with Crippen LogP contribution in [0.2, 0.25) is 0 Å². The van der Waals surface area contributed by atoms with Gasteiger partial charge in [-0.25, -0.2) is 0 Å². The van der Waals surface area contributed by atoms with Crippen LogP contribution in [-0.2, 0) is 6.54 Å². The molecule has 2 aromatic heterocycles. The lowest BCUT2D eigenvalue weighted by Crippen LogP contribution is -1.97. The number of carbonyl (C=O) groups is 1. The highest BCUT2D eigenvalue weighted by Gasteiger charge is 2.07. The second kappa shape index (κ2) is 5.65. The van der Waals surface area contributed by atoms with Crippen LogP contribution in [0.15, 0.2) is 34.4 Å². The summed E-state index contributed by atoms with van der Waals surface area (Å²) in [4.78, 5) is 13.0. The van der Waals surface area contributed by atoms with E-state index in [4.69, 9.17) is 0 Å². The van der Waals surface area contributed by atoms with Gasteiger partial charge in [0.15, 0.2) is 5.78 Å². The molecular formula is C13H14BrNOS. The highest BCUT2D eigenvalue weighted by molar-refractivity contribution is 9.10. The molecule has 0 aliphatic carbocycles. The van der Waals surface area contributed by atoms with Gasteiger partial charge in [-0.05, 0) is 34.5 Å². The molecule has 2 heterocycles. The normalized spacial score (nSPS) is 10.7. The van der Waals surface area contributed by atoms with Gasteiger partial charge in [-0.1, -0.05) is 6.92 Å². The van der Waals surface area contributed by atoms with Crippen molar-refractivity contribution in [1.29, 1.82) is 0 Å². The lowest BCUT2D eigenvalue weighted by atomic mass is 10.1. The smallest absolute Gasteiger partial charge is 0.164 e. The molecule has 90 valence electrons. The minimum atomic E-state index is 0.235. The number of halogens is 1. The number of hydrogen-bond acceptors (Lipinski definition) is 2. The highest BCUT2D eigenvalue weighted by Crippen LogP contribution is 2.21. The predicted molar refractivity (Wildman–Crippen MR) is 74.8 cm³/mol. The van der Waals surface area contributed by atoms with Crippen molar-refractivity contribution in [3.8, 4) is 0 Å². The molecule has 4 heteroatoms. The molecule has 0 atom stereocenters. The molecule has 0 N–H and O–H groups in total. The molecule has 0 aliphatic rings. The number of carbonyl (C=O) groups excluding carboxylic acids is 1. The van der Waals surface area contributed by atoms with E-state index in [-0.39, 0.29) is 5.78 Å². The number of rotatable bonds is 5. The largest absolute Gasteiger partial charge is 0.348 e. The SMILES string of the molecule is CCCC(=O)c1ccn(Cc2cc(Br)cs2)c1. The van der Waals surface area contributed by atoms with Crippen molar-refractivity contribution in [3.63, 3.8) is 0 Å². The van der Waals surface area contributed by atoms with Crippen LogP contribution < -0.4 is 0 Å². The second-order valence-corrected chi connectivity index (χ2v) is 5.89. The summed E-state index contributed by atoms with van der Waals surface area (Å²) < 4.78 is 3.17. The van der Waals surface area contributed by atoms with Gasteiger partial charge in [-0.15, -0.1) is 11.3 Å². The number of aromatic nitrogens is 1. The maximum atomic E-state index is 11.7. The van der Waals surface area contributed by atoms with Crippen molar-refractivity contribution in [3.05, 3.63) is 44.8 Å². The molecule has 2 aromatic rings. The summed E-state index contributed by atoms with van der Waals surface area (Å²) in [7, 11) is 0. The molecule has 0 radical (unpaired) electrons. The van der Waals surface area contributed by atoms with E-state index in [1.807, 2.05) is 25.4 Å². The van der Waals surface area contributed by atoms with E-state index >= 15 is 0 Å². The third-order valence-corrected chi connectivity index (χ3v) is 4.19. The van der Waals surface area contributed by atoms with Crippen LogP contribution in [0, 0.1) is 0 Å². The molecule has 0 saturated carbocycles. The van der Waals surface area contributed by atoms with Crippen molar-refractivity contribution in [2.45, 2.75) is 26.3 Å². The lowest BCUT2D eigenvalue weighted by Gasteiger charge is -1.99. The third-order valence-electron chi connectivity index (χ3n) is 2.51. The number of thiophene rings is 1. The molecule has 2 rings (SSSR count). The first-order valence-corrected chi connectivity index (χ1v) is 7.28. The Morgan fingerprint density at radius 1 is 1.53 bits per heavy atom. The molecule has 0 spiro atoms. The van der Waals surface area contributed by atoms with Crippen molar-refractivity contribution in [1.82, 2.24) is 4.57 Å². The summed E-state index contributed by atoms with van der Waals surface area (Å²) in [6, 6.07) is 4.01. The van der Waals surface area contributed by atoms with Crippen LogP contribution in [0.25, 0.3) is 0 Å². The minimum Gasteiger partial charge on any atom is -0.348 e. The first-order valence-electron chi connectivity index (χ1n) is 5.61. The number of nitrogens with zero attached hydrogens (tertiary/aromatic N) is 1. The average Bonchev–Trinajstić information content (AvgIpc) is 2.89. The Bertz CT molecular complexity index is 515. The van der Waals surface area contributed by atoms with Crippen LogP contribution in [-0.4, -0.2) is 10.4 Å². The third kappa shape index (κ3) is 3.30. The first kappa shape index (κ1) is 12.6. The van der Waals surface area contributed by atoms with Crippen LogP contribution in [0.1, 0.15) is 35.0 Å². The fourth-order valence-corrected chi connectivity index (χ4v) is 3.15. The molecule has 0 fully saturated rings. The molecule has 0 bridgehead atoms. The number of Topliss-reactive ketones (excluding diaryl/α,β-unsaturated/α-hetero) is 1. The van der Waals surface area contributed by atoms with E-state index in [0.29, 0.717) is 6.42 Å². The number of hydrogen-bond donors (Lipinski definition) is 0. The molecule has 0 saturated heterocycles. The van der Waals surface area contributed by atoms with Gasteiger partial charge < -0.3 is 4.57 Å². The summed E-state index contributed by atoms with van der Waals surface area (Å²) in [5, 5.41) is 2.07. The van der Waals surface area contributed by atoms with Crippen LogP contribution in [0.4, 0.5) is 0 Å². The standard InChI is InChI=1S/C13H14BrNOS/c1-2-3-13(16)10-4-5-15(7-10)8-12-6-11(14)9-17-12/h4-7,9H,2-3,8H2,1H3. The first-order chi connectivity index (χ1) is 8.19. The van der Waals surface area contributed by atoms with Crippen molar-refractivity contribution in [2.75, 3.05) is 0 Å². The molecule has 0 aliphatic heterocycles. The van der Waals surface area contributed by atoms with Gasteiger partial charge in [0.25, 0.3) is 0 Å². The molecule has 2 nitrogen and oxygen atoms in total. The maximum absolute atomic E-state index is 11.7. The van der Waals surface area contributed by atoms with E-state index in [1.165, 1.54) is 4.88 Å². The summed E-state index contributed by atoms with van der Waals surface area (Å²) >= 11 is 5.16. The van der Waals surface area contributed by atoms with Crippen molar-refractivity contribution in [2.24, 2.45) is 0 Å². The quantitative estimate of drug-likeness (QED) is 0.753.